The zero-order chi connectivity index (χ0) is 35.9. The summed E-state index contributed by atoms with van der Waals surface area (Å²) in [5.74, 6) is -4.31. The number of nitrogens with two attached hydrogens (primary N) is 2. The van der Waals surface area contributed by atoms with Gasteiger partial charge in [-0.1, -0.05) is 46.1 Å². The zero-order valence-corrected chi connectivity index (χ0v) is 29.0. The second-order valence-electron chi connectivity index (χ2n) is 11.7. The van der Waals surface area contributed by atoms with Crippen molar-refractivity contribution in [3.05, 3.63) is 29.8 Å². The molecular weight excluding hydrogens is 616 g/mol. The molecule has 0 aliphatic rings. The number of unbranched alkanes of at least 4 members (excludes halogenated alkanes) is 1. The minimum Gasteiger partial charge on any atom is -0.481 e. The van der Waals surface area contributed by atoms with Crippen LogP contribution in [-0.4, -0.2) is 77.7 Å². The second-order valence-corrected chi connectivity index (χ2v) is 12.2. The molecule has 1 atom stereocenters. The number of amides is 4. The average molecular weight is 671 g/mol. The van der Waals surface area contributed by atoms with Crippen molar-refractivity contribution < 1.29 is 39.0 Å². The van der Waals surface area contributed by atoms with Gasteiger partial charge in [-0.3, -0.25) is 29.1 Å². The lowest BCUT2D eigenvalue weighted by atomic mass is 9.74. The molecule has 1 unspecified atom stereocenters. The summed E-state index contributed by atoms with van der Waals surface area (Å²) in [5.41, 5.74) is 4.37. The summed E-state index contributed by atoms with van der Waals surface area (Å²) in [6.45, 7) is 11.6. The van der Waals surface area contributed by atoms with Crippen LogP contribution >= 0.6 is 11.9 Å². The summed E-state index contributed by atoms with van der Waals surface area (Å²) in [4.78, 5) is 68.8. The van der Waals surface area contributed by atoms with E-state index in [1.165, 1.54) is 39.6 Å². The van der Waals surface area contributed by atoms with Crippen molar-refractivity contribution in [2.75, 3.05) is 31.2 Å². The summed E-state index contributed by atoms with van der Waals surface area (Å²) in [7, 11) is 0. The van der Waals surface area contributed by atoms with Gasteiger partial charge in [-0.05, 0) is 70.1 Å². The van der Waals surface area contributed by atoms with Crippen LogP contribution in [0.3, 0.4) is 0 Å². The van der Waals surface area contributed by atoms with Crippen LogP contribution in [0.4, 0.5) is 5.69 Å². The van der Waals surface area contributed by atoms with E-state index in [9.17, 15) is 39.0 Å². The number of anilines is 1. The fourth-order valence-electron chi connectivity index (χ4n) is 3.91. The molecule has 0 saturated carbocycles. The molecular formula is C31H54N6O8S. The molecule has 0 aliphatic carbocycles. The topological polar surface area (TPSA) is 243 Å². The number of nitrogens with one attached hydrogen (secondary N) is 4. The van der Waals surface area contributed by atoms with E-state index in [2.05, 4.69) is 35.1 Å². The van der Waals surface area contributed by atoms with Crippen LogP contribution in [0.5, 0.6) is 0 Å². The molecule has 0 heterocycles. The number of primary amides is 1. The van der Waals surface area contributed by atoms with Gasteiger partial charge in [-0.15, -0.1) is 0 Å². The van der Waals surface area contributed by atoms with Crippen LogP contribution < -0.4 is 32.1 Å². The van der Waals surface area contributed by atoms with Crippen molar-refractivity contribution >= 4 is 53.2 Å². The normalized spacial score (nSPS) is 11.3. The van der Waals surface area contributed by atoms with Gasteiger partial charge in [0, 0.05) is 36.2 Å². The zero-order valence-electron chi connectivity index (χ0n) is 28.2. The lowest BCUT2D eigenvalue weighted by Gasteiger charge is -2.32. The third kappa shape index (κ3) is 20.2. The first kappa shape index (κ1) is 44.3. The highest BCUT2D eigenvalue weighted by Crippen LogP contribution is 2.34. The Bertz CT molecular complexity index is 1110. The molecule has 1 aromatic rings. The van der Waals surface area contributed by atoms with Crippen molar-refractivity contribution in [2.24, 2.45) is 21.7 Å². The predicted octanol–water partition coefficient (Wildman–Crippen LogP) is 2.73. The summed E-state index contributed by atoms with van der Waals surface area (Å²) in [5, 5.41) is 33.9. The highest BCUT2D eigenvalue weighted by molar-refractivity contribution is 7.96. The Labute approximate surface area is 276 Å². The number of hydrogen-bond acceptors (Lipinski definition) is 9. The van der Waals surface area contributed by atoms with E-state index in [0.717, 1.165) is 43.6 Å². The van der Waals surface area contributed by atoms with Crippen molar-refractivity contribution in [2.45, 2.75) is 86.1 Å². The van der Waals surface area contributed by atoms with Crippen LogP contribution in [0.1, 0.15) is 90.4 Å². The van der Waals surface area contributed by atoms with Gasteiger partial charge in [0.2, 0.25) is 17.7 Å². The molecule has 46 heavy (non-hydrogen) atoms. The molecule has 0 radical (unpaired) electrons. The molecule has 0 aliphatic heterocycles. The van der Waals surface area contributed by atoms with Gasteiger partial charge >= 0.3 is 11.9 Å². The summed E-state index contributed by atoms with van der Waals surface area (Å²) in [6, 6.07) is 6.29. The van der Waals surface area contributed by atoms with Gasteiger partial charge in [0.1, 0.15) is 6.04 Å². The van der Waals surface area contributed by atoms with Crippen LogP contribution in [0.2, 0.25) is 0 Å². The van der Waals surface area contributed by atoms with E-state index in [1.54, 1.807) is 0 Å². The molecule has 0 aromatic heterocycles. The largest absolute Gasteiger partial charge is 0.481 e. The van der Waals surface area contributed by atoms with Gasteiger partial charge in [-0.25, -0.2) is 4.79 Å². The summed E-state index contributed by atoms with van der Waals surface area (Å²) >= 11 is 1.25. The monoisotopic (exact) mass is 670 g/mol. The van der Waals surface area contributed by atoms with Crippen LogP contribution in [0.15, 0.2) is 24.3 Å². The minimum atomic E-state index is -1.32. The van der Waals surface area contributed by atoms with Gasteiger partial charge in [0.15, 0.2) is 0 Å². The average Bonchev–Trinajstić information content (AvgIpc) is 2.97. The molecule has 1 rings (SSSR count). The highest BCUT2D eigenvalue weighted by Gasteiger charge is 2.40. The maximum atomic E-state index is 12.4. The van der Waals surface area contributed by atoms with Crippen molar-refractivity contribution in [3.63, 3.8) is 0 Å². The van der Waals surface area contributed by atoms with E-state index in [-0.39, 0.29) is 31.7 Å². The first-order chi connectivity index (χ1) is 21.4. The van der Waals surface area contributed by atoms with Gasteiger partial charge < -0.3 is 37.2 Å². The quantitative estimate of drug-likeness (QED) is 0.0834. The Morgan fingerprint density at radius 3 is 1.91 bits per heavy atom. The molecule has 4 amide bonds. The van der Waals surface area contributed by atoms with Gasteiger partial charge in [0.25, 0.3) is 5.91 Å². The standard InChI is InChI=1S/C16H27N3O7.C14H22N2O.CH5NS/c1-15(2,8-16(3,4)14(25)26)13(24)19-9(12(22)23)5-6-11(21)18-7-10(17)20;1-3-5-11-16-14(17)12-6-8-13(9-7-12)15-10-4-2;1-3-2/h9H,5-8H2,1-4H3,(H2,17,20)(H,18,21)(H,19,24)(H,22,23)(H,25,26);6-9,15H,3-5,10-11H2,1-2H3,(H,16,17);2H2,1H3. The van der Waals surface area contributed by atoms with Crippen LogP contribution in [0, 0.1) is 10.8 Å². The van der Waals surface area contributed by atoms with E-state index < -0.39 is 46.5 Å². The van der Waals surface area contributed by atoms with Gasteiger partial charge in [0.05, 0.1) is 12.0 Å². The number of carboxylic acid groups (broad SMARTS) is 2. The molecule has 0 bridgehead atoms. The number of benzene rings is 1. The first-order valence-electron chi connectivity index (χ1n) is 15.1. The summed E-state index contributed by atoms with van der Waals surface area (Å²) < 4.78 is 0. The number of carboxylic acids is 2. The Hall–Kier alpha value is -3.85. The van der Waals surface area contributed by atoms with Crippen molar-refractivity contribution in [3.8, 4) is 0 Å². The molecule has 1 aromatic carbocycles. The van der Waals surface area contributed by atoms with Gasteiger partial charge in [-0.2, -0.15) is 0 Å². The predicted molar refractivity (Wildman–Crippen MR) is 181 cm³/mol. The SMILES string of the molecule is CC(C)(CC(C)(C)C(=O)NC(CCC(=O)NCC(N)=O)C(=O)O)C(=O)O.CCCCNC(=O)c1ccc(NCCC)cc1.CSN. The maximum absolute atomic E-state index is 12.4. The fourth-order valence-corrected chi connectivity index (χ4v) is 3.91. The number of rotatable bonds is 18. The minimum absolute atomic E-state index is 0.00734. The summed E-state index contributed by atoms with van der Waals surface area (Å²) in [6.07, 6.45) is 4.61. The van der Waals surface area contributed by atoms with Crippen LogP contribution in [0.25, 0.3) is 0 Å². The van der Waals surface area contributed by atoms with E-state index in [4.69, 9.17) is 10.9 Å². The Balaban J connectivity index is 0. The van der Waals surface area contributed by atoms with E-state index in [1.807, 2.05) is 30.5 Å². The maximum Gasteiger partial charge on any atom is 0.326 e. The molecule has 14 nitrogen and oxygen atoms in total. The highest BCUT2D eigenvalue weighted by atomic mass is 32.2. The number of carbonyl (C=O) groups excluding carboxylic acids is 4. The first-order valence-corrected chi connectivity index (χ1v) is 16.3. The smallest absolute Gasteiger partial charge is 0.326 e. The van der Waals surface area contributed by atoms with Crippen molar-refractivity contribution in [1.82, 2.24) is 16.0 Å². The molecule has 0 fully saturated rings. The number of carbonyl (C=O) groups is 6. The Morgan fingerprint density at radius 2 is 1.46 bits per heavy atom. The van der Waals surface area contributed by atoms with E-state index in [0.29, 0.717) is 0 Å². The lowest BCUT2D eigenvalue weighted by Crippen LogP contribution is -2.48. The van der Waals surface area contributed by atoms with Crippen LogP contribution in [-0.2, 0) is 24.0 Å². The molecule has 0 saturated heterocycles. The lowest BCUT2D eigenvalue weighted by molar-refractivity contribution is -0.151. The Kier molecular flexibility index (Phi) is 22.6. The molecule has 262 valence electrons. The molecule has 10 N–H and O–H groups in total. The third-order valence-electron chi connectivity index (χ3n) is 6.34. The van der Waals surface area contributed by atoms with Crippen molar-refractivity contribution in [1.29, 1.82) is 0 Å². The number of aliphatic carboxylic acids is 2. The number of hydrogen-bond donors (Lipinski definition) is 8. The second kappa shape index (κ2) is 23.5. The van der Waals surface area contributed by atoms with E-state index >= 15 is 0 Å². The Morgan fingerprint density at radius 1 is 0.891 bits per heavy atom. The molecule has 15 heteroatoms. The third-order valence-corrected chi connectivity index (χ3v) is 6.34. The molecule has 0 spiro atoms. The fraction of sp³-hybridized carbons (Fsp3) is 0.613.